The molecule has 70 valence electrons. The number of methoxy groups -OCH3 is 1. The summed E-state index contributed by atoms with van der Waals surface area (Å²) in [6.45, 7) is 0.142. The summed E-state index contributed by atoms with van der Waals surface area (Å²) < 4.78 is 4.65. The van der Waals surface area contributed by atoms with Gasteiger partial charge in [0.05, 0.1) is 0 Å². The van der Waals surface area contributed by atoms with Crippen molar-refractivity contribution in [1.29, 1.82) is 0 Å². The molecule has 1 rings (SSSR count). The molecule has 0 aliphatic rings. The lowest BCUT2D eigenvalue weighted by Gasteiger charge is -2.01. The predicted molar refractivity (Wildman–Crippen MR) is 46.4 cm³/mol. The molecule has 0 radical (unpaired) electrons. The van der Waals surface area contributed by atoms with Gasteiger partial charge in [-0.15, -0.1) is 10.2 Å². The Kier molecular flexibility index (Phi) is 3.60. The Morgan fingerprint density at radius 1 is 1.62 bits per heavy atom. The van der Waals surface area contributed by atoms with Gasteiger partial charge in [0.2, 0.25) is 0 Å². The van der Waals surface area contributed by atoms with Gasteiger partial charge in [-0.05, 0) is 12.1 Å². The second-order valence-electron chi connectivity index (χ2n) is 2.18. The minimum absolute atomic E-state index is 0.142. The molecule has 0 unspecified atom stereocenters. The second kappa shape index (κ2) is 4.74. The van der Waals surface area contributed by atoms with E-state index in [4.69, 9.17) is 11.6 Å². The fourth-order valence-electron chi connectivity index (χ4n) is 0.665. The number of aromatic nitrogens is 2. The molecule has 0 aliphatic carbocycles. The van der Waals surface area contributed by atoms with Gasteiger partial charge in [0, 0.05) is 7.11 Å². The van der Waals surface area contributed by atoms with E-state index in [1.807, 2.05) is 0 Å². The Bertz CT molecular complexity index is 288. The highest BCUT2D eigenvalue weighted by molar-refractivity contribution is 6.29. The molecule has 1 N–H and O–H groups in total. The van der Waals surface area contributed by atoms with Crippen molar-refractivity contribution in [3.8, 4) is 0 Å². The lowest BCUT2D eigenvalue weighted by Crippen LogP contribution is -2.26. The molecule has 1 heterocycles. The van der Waals surface area contributed by atoms with Crippen LogP contribution in [0.3, 0.4) is 0 Å². The van der Waals surface area contributed by atoms with Crippen molar-refractivity contribution in [3.05, 3.63) is 23.0 Å². The minimum Gasteiger partial charge on any atom is -0.364 e. The lowest BCUT2D eigenvalue weighted by atomic mass is 10.4. The molecule has 0 aliphatic heterocycles. The van der Waals surface area contributed by atoms with Gasteiger partial charge >= 0.3 is 0 Å². The normalized spacial score (nSPS) is 9.69. The molecule has 0 bridgehead atoms. The fraction of sp³-hybridized carbons (Fsp3) is 0.286. The van der Waals surface area contributed by atoms with Crippen LogP contribution in [0.15, 0.2) is 12.1 Å². The molecule has 1 aromatic rings. The third kappa shape index (κ3) is 2.96. The van der Waals surface area contributed by atoms with Crippen LogP contribution >= 0.6 is 11.6 Å². The van der Waals surface area contributed by atoms with Crippen LogP contribution in [0, 0.1) is 0 Å². The molecule has 0 atom stereocenters. The fourth-order valence-corrected chi connectivity index (χ4v) is 0.766. The topological polar surface area (TPSA) is 64.1 Å². The second-order valence-corrected chi connectivity index (χ2v) is 2.57. The molecule has 0 spiro atoms. The third-order valence-electron chi connectivity index (χ3n) is 1.24. The Morgan fingerprint density at radius 2 is 2.38 bits per heavy atom. The van der Waals surface area contributed by atoms with Crippen molar-refractivity contribution in [1.82, 2.24) is 15.5 Å². The van der Waals surface area contributed by atoms with Crippen LogP contribution in [0.1, 0.15) is 10.5 Å². The van der Waals surface area contributed by atoms with Crippen molar-refractivity contribution >= 4 is 17.5 Å². The number of hydrogen-bond acceptors (Lipinski definition) is 4. The molecule has 0 saturated heterocycles. The van der Waals surface area contributed by atoms with Gasteiger partial charge in [-0.25, -0.2) is 0 Å². The van der Waals surface area contributed by atoms with Gasteiger partial charge in [0.1, 0.15) is 6.73 Å². The summed E-state index contributed by atoms with van der Waals surface area (Å²) in [5, 5.41) is 9.82. The quantitative estimate of drug-likeness (QED) is 0.722. The maximum Gasteiger partial charge on any atom is 0.273 e. The summed E-state index contributed by atoms with van der Waals surface area (Å²) in [6.07, 6.45) is 0. The van der Waals surface area contributed by atoms with Gasteiger partial charge in [-0.3, -0.25) is 4.79 Å². The van der Waals surface area contributed by atoms with Gasteiger partial charge in [-0.1, -0.05) is 11.6 Å². The number of ether oxygens (including phenoxy) is 1. The zero-order valence-electron chi connectivity index (χ0n) is 6.95. The van der Waals surface area contributed by atoms with E-state index >= 15 is 0 Å². The number of amides is 1. The SMILES string of the molecule is COCNC(=O)c1ccc(Cl)nn1. The van der Waals surface area contributed by atoms with Crippen LogP contribution in [0.5, 0.6) is 0 Å². The van der Waals surface area contributed by atoms with E-state index in [2.05, 4.69) is 20.3 Å². The maximum absolute atomic E-state index is 11.2. The highest BCUT2D eigenvalue weighted by Crippen LogP contribution is 2.01. The van der Waals surface area contributed by atoms with Gasteiger partial charge in [0.25, 0.3) is 5.91 Å². The average Bonchev–Trinajstić information content (AvgIpc) is 2.15. The lowest BCUT2D eigenvalue weighted by molar-refractivity contribution is 0.0866. The largest absolute Gasteiger partial charge is 0.364 e. The van der Waals surface area contributed by atoms with Crippen LogP contribution in [0.2, 0.25) is 5.15 Å². The van der Waals surface area contributed by atoms with Crippen molar-refractivity contribution in [2.45, 2.75) is 0 Å². The van der Waals surface area contributed by atoms with Crippen molar-refractivity contribution in [3.63, 3.8) is 0 Å². The molecular formula is C7H8ClN3O2. The van der Waals surface area contributed by atoms with Crippen LogP contribution in [0.4, 0.5) is 0 Å². The van der Waals surface area contributed by atoms with E-state index in [0.29, 0.717) is 0 Å². The third-order valence-corrected chi connectivity index (χ3v) is 1.44. The van der Waals surface area contributed by atoms with Crippen molar-refractivity contribution in [2.75, 3.05) is 13.8 Å². The van der Waals surface area contributed by atoms with Gasteiger partial charge < -0.3 is 10.1 Å². The smallest absolute Gasteiger partial charge is 0.273 e. The van der Waals surface area contributed by atoms with E-state index in [-0.39, 0.29) is 23.5 Å². The first-order valence-corrected chi connectivity index (χ1v) is 3.88. The Balaban J connectivity index is 2.61. The summed E-state index contributed by atoms with van der Waals surface area (Å²) in [7, 11) is 1.48. The number of nitrogens with zero attached hydrogens (tertiary/aromatic N) is 2. The molecule has 0 aromatic carbocycles. The average molecular weight is 202 g/mol. The monoisotopic (exact) mass is 201 g/mol. The molecule has 0 saturated carbocycles. The van der Waals surface area contributed by atoms with Crippen LogP contribution < -0.4 is 5.32 Å². The highest BCUT2D eigenvalue weighted by atomic mass is 35.5. The molecule has 0 fully saturated rings. The number of nitrogens with one attached hydrogen (secondary N) is 1. The van der Waals surface area contributed by atoms with E-state index in [9.17, 15) is 4.79 Å². The predicted octanol–water partition coefficient (Wildman–Crippen LogP) is 0.464. The van der Waals surface area contributed by atoms with Gasteiger partial charge in [0.15, 0.2) is 10.8 Å². The number of carbonyl (C=O) groups is 1. The minimum atomic E-state index is -0.342. The first-order chi connectivity index (χ1) is 6.24. The Morgan fingerprint density at radius 3 is 2.92 bits per heavy atom. The van der Waals surface area contributed by atoms with Crippen molar-refractivity contribution < 1.29 is 9.53 Å². The molecular weight excluding hydrogens is 194 g/mol. The van der Waals surface area contributed by atoms with E-state index in [1.54, 1.807) is 0 Å². The molecule has 13 heavy (non-hydrogen) atoms. The van der Waals surface area contributed by atoms with Crippen molar-refractivity contribution in [2.24, 2.45) is 0 Å². The number of carbonyl (C=O) groups excluding carboxylic acids is 1. The van der Waals surface area contributed by atoms with Gasteiger partial charge in [-0.2, -0.15) is 0 Å². The number of halogens is 1. The number of rotatable bonds is 3. The Labute approximate surface area is 80.1 Å². The van der Waals surface area contributed by atoms with E-state index in [1.165, 1.54) is 19.2 Å². The van der Waals surface area contributed by atoms with E-state index in [0.717, 1.165) is 0 Å². The molecule has 1 aromatic heterocycles. The molecule has 6 heteroatoms. The molecule has 5 nitrogen and oxygen atoms in total. The first-order valence-electron chi connectivity index (χ1n) is 3.50. The zero-order valence-corrected chi connectivity index (χ0v) is 7.71. The van der Waals surface area contributed by atoms with E-state index < -0.39 is 0 Å². The molecule has 1 amide bonds. The summed E-state index contributed by atoms with van der Waals surface area (Å²) in [6, 6.07) is 2.98. The summed E-state index contributed by atoms with van der Waals surface area (Å²) in [4.78, 5) is 11.2. The zero-order chi connectivity index (χ0) is 9.68. The number of hydrogen-bond donors (Lipinski definition) is 1. The highest BCUT2D eigenvalue weighted by Gasteiger charge is 2.05. The van der Waals surface area contributed by atoms with Crippen LogP contribution in [0.25, 0.3) is 0 Å². The van der Waals surface area contributed by atoms with Crippen LogP contribution in [-0.4, -0.2) is 29.9 Å². The maximum atomic E-state index is 11.2. The summed E-state index contributed by atoms with van der Waals surface area (Å²) >= 11 is 5.49. The summed E-state index contributed by atoms with van der Waals surface area (Å²) in [5.41, 5.74) is 0.210. The first kappa shape index (κ1) is 9.88. The summed E-state index contributed by atoms with van der Waals surface area (Å²) in [5.74, 6) is -0.342. The van der Waals surface area contributed by atoms with Crippen LogP contribution in [-0.2, 0) is 4.74 Å². The standard InChI is InChI=1S/C7H8ClN3O2/c1-13-4-9-7(12)5-2-3-6(8)11-10-5/h2-3H,4H2,1H3,(H,9,12). The Hall–Kier alpha value is -1.20.